The van der Waals surface area contributed by atoms with E-state index in [-0.39, 0.29) is 6.10 Å². The van der Waals surface area contributed by atoms with Crippen LogP contribution in [0.25, 0.3) is 63.1 Å². The number of ether oxygens (including phenoxy) is 3. The number of nitrogens with zero attached hydrogens (tertiary/aromatic N) is 11. The van der Waals surface area contributed by atoms with E-state index in [0.717, 1.165) is 121 Å². The number of thiazole rings is 1. The second-order valence-electron chi connectivity index (χ2n) is 23.0. The van der Waals surface area contributed by atoms with Crippen molar-refractivity contribution in [3.05, 3.63) is 265 Å². The number of rotatable bonds is 19. The van der Waals surface area contributed by atoms with Crippen LogP contribution in [-0.2, 0) is 0 Å². The number of benzene rings is 5. The number of thiophene rings is 5. The maximum absolute atomic E-state index is 5.70. The largest absolute Gasteiger partial charge is 0.493 e. The number of hydrogen-bond acceptors (Lipinski definition) is 25. The quantitative estimate of drug-likeness (QED) is 0.0507. The van der Waals surface area contributed by atoms with E-state index in [1.54, 1.807) is 113 Å². The van der Waals surface area contributed by atoms with Crippen molar-refractivity contribution in [1.82, 2.24) is 54.8 Å². The first-order valence-electron chi connectivity index (χ1n) is 32.8. The molecule has 0 aliphatic heterocycles. The monoisotopic (exact) mass is 1940 g/mol. The minimum Gasteiger partial charge on any atom is -0.493 e. The van der Waals surface area contributed by atoms with Crippen molar-refractivity contribution in [2.24, 2.45) is 0 Å². The van der Waals surface area contributed by atoms with E-state index in [0.29, 0.717) is 41.2 Å². The molecule has 0 saturated heterocycles. The van der Waals surface area contributed by atoms with E-state index >= 15 is 0 Å². The Morgan fingerprint density at radius 3 is 1.06 bits per heavy atom. The van der Waals surface area contributed by atoms with Crippen molar-refractivity contribution in [2.45, 2.75) is 33.8 Å². The van der Waals surface area contributed by atoms with Gasteiger partial charge in [0.05, 0.1) is 107 Å². The number of hydrogen-bond donors (Lipinski definition) is 5. The molecule has 31 heteroatoms. The lowest BCUT2D eigenvalue weighted by molar-refractivity contribution is 0.242. The van der Waals surface area contributed by atoms with Crippen molar-refractivity contribution < 1.29 is 14.2 Å². The van der Waals surface area contributed by atoms with E-state index in [4.69, 9.17) is 14.2 Å². The van der Waals surface area contributed by atoms with Gasteiger partial charge in [0, 0.05) is 76.0 Å². The predicted octanol–water partition coefficient (Wildman–Crippen LogP) is 26.3. The number of aromatic nitrogens is 11. The molecule has 0 saturated carbocycles. The number of aryl methyl sites for hydroxylation is 2. The number of methoxy groups -OCH3 is 2. The zero-order valence-corrected chi connectivity index (χ0v) is 72.8. The Hall–Kier alpha value is -8.83. The molecular formula is C78H62Br6N16O3S6. The maximum atomic E-state index is 5.70. The molecule has 0 atom stereocenters. The molecule has 0 spiro atoms. The van der Waals surface area contributed by atoms with E-state index in [1.807, 2.05) is 203 Å². The molecular weight excluding hydrogens is 1880 g/mol. The summed E-state index contributed by atoms with van der Waals surface area (Å²) in [5, 5.41) is 17.2. The van der Waals surface area contributed by atoms with Gasteiger partial charge < -0.3 is 40.8 Å². The fourth-order valence-electron chi connectivity index (χ4n) is 9.84. The molecule has 0 fully saturated rings. The molecule has 5 N–H and O–H groups in total. The molecule has 0 radical (unpaired) electrons. The van der Waals surface area contributed by atoms with Crippen molar-refractivity contribution >= 4 is 232 Å². The molecule has 16 rings (SSSR count). The SMILES string of the molecule is Brc1cccc(Nc2nccc(-c3ccc(Br)s3)n2)c1.CC(C)Oc1cccc(Nc2nccc(-c3ccc(Br)s3)n2)c1.COc1ccc(Nc2nccc(-c3ccc(Br)s3)n2)cc1OC.Cc1ccc(Nc2nccc(-c3ccc(Br)s3)n2)cc1.Cc1nc2cc(Nc3nccc(-c4ccc(Br)s4)n3)ccc2s1. The van der Waals surface area contributed by atoms with Crippen LogP contribution in [0.4, 0.5) is 58.2 Å². The van der Waals surface area contributed by atoms with Gasteiger partial charge in [-0.1, -0.05) is 45.8 Å². The topological polar surface area (TPSA) is 230 Å². The van der Waals surface area contributed by atoms with Crippen LogP contribution in [-0.4, -0.2) is 75.1 Å². The molecule has 550 valence electrons. The lowest BCUT2D eigenvalue weighted by Gasteiger charge is -2.11. The van der Waals surface area contributed by atoms with Crippen LogP contribution in [0.2, 0.25) is 0 Å². The van der Waals surface area contributed by atoms with Crippen LogP contribution < -0.4 is 40.8 Å². The Kier molecular flexibility index (Phi) is 28.7. The van der Waals surface area contributed by atoms with Crippen molar-refractivity contribution in [1.29, 1.82) is 0 Å². The van der Waals surface area contributed by atoms with Gasteiger partial charge in [-0.25, -0.2) is 54.8 Å². The maximum Gasteiger partial charge on any atom is 0.227 e. The zero-order valence-electron chi connectivity index (χ0n) is 58.4. The molecule has 0 amide bonds. The summed E-state index contributed by atoms with van der Waals surface area (Å²) in [5.74, 6) is 5.02. The third kappa shape index (κ3) is 23.8. The van der Waals surface area contributed by atoms with Gasteiger partial charge in [-0.3, -0.25) is 0 Å². The molecule has 19 nitrogen and oxygen atoms in total. The van der Waals surface area contributed by atoms with Gasteiger partial charge in [-0.05, 0) is 271 Å². The summed E-state index contributed by atoms with van der Waals surface area (Å²) in [6.07, 6.45) is 8.93. The fraction of sp³-hybridized carbons (Fsp3) is 0.0897. The molecule has 11 heterocycles. The Morgan fingerprint density at radius 2 is 0.688 bits per heavy atom. The van der Waals surface area contributed by atoms with E-state index in [2.05, 4.69) is 202 Å². The molecule has 0 bridgehead atoms. The zero-order chi connectivity index (χ0) is 76.2. The standard InChI is InChI=1S/C17H16BrN3OS.C16H11BrN4S2.C16H14BrN3O2S.C15H12BrN3S.C14H9Br2N3S/c1-11(2)22-13-5-3-4-12(10-13)20-17-19-9-8-14(21-17)15-6-7-16(18)23-15;1-9-19-12-8-10(2-3-14(12)22-9)20-16-18-7-6-11(21-16)13-4-5-15(17)23-13;1-21-12-4-3-10(9-13(12)22-2)19-16-18-8-7-11(20-16)14-5-6-15(17)23-14;1-10-2-4-11(5-3-10)18-15-17-9-8-12(19-15)13-6-7-14(16)20-13;15-9-2-1-3-10(8-9)18-14-17-7-6-11(19-14)12-4-5-13(16)20-12/h3-11H,1-2H3,(H,19,20,21);2-8H,1H3,(H,18,20,21);3-9H,1-2H3,(H,18,19,20);2-9H,1H3,(H,17,18,19);1-8H,(H,17,18,19). The summed E-state index contributed by atoms with van der Waals surface area (Å²) in [4.78, 5) is 54.2. The summed E-state index contributed by atoms with van der Waals surface area (Å²) >= 11 is 30.7. The number of nitrogens with one attached hydrogen (secondary N) is 5. The van der Waals surface area contributed by atoms with Crippen molar-refractivity contribution in [3.63, 3.8) is 0 Å². The molecule has 11 aromatic heterocycles. The van der Waals surface area contributed by atoms with E-state index in [9.17, 15) is 0 Å². The highest BCUT2D eigenvalue weighted by molar-refractivity contribution is 9.12. The summed E-state index contributed by atoms with van der Waals surface area (Å²) in [6.45, 7) is 8.09. The number of fused-ring (bicyclic) bond motifs is 1. The first kappa shape index (κ1) is 79.7. The van der Waals surface area contributed by atoms with Crippen LogP contribution in [0.3, 0.4) is 0 Å². The first-order valence-corrected chi connectivity index (χ1v) is 42.5. The summed E-state index contributed by atoms with van der Waals surface area (Å²) in [7, 11) is 3.21. The highest BCUT2D eigenvalue weighted by atomic mass is 79.9. The van der Waals surface area contributed by atoms with Gasteiger partial charge >= 0.3 is 0 Å². The normalized spacial score (nSPS) is 10.7. The lowest BCUT2D eigenvalue weighted by Crippen LogP contribution is -2.05. The van der Waals surface area contributed by atoms with Gasteiger partial charge in [0.1, 0.15) is 5.75 Å². The smallest absolute Gasteiger partial charge is 0.227 e. The molecule has 5 aromatic carbocycles. The highest BCUT2D eigenvalue weighted by Crippen LogP contribution is 2.37. The van der Waals surface area contributed by atoms with Gasteiger partial charge in [0.15, 0.2) is 11.5 Å². The summed E-state index contributed by atoms with van der Waals surface area (Å²) < 4.78 is 23.9. The van der Waals surface area contributed by atoms with Crippen LogP contribution in [0.5, 0.6) is 17.2 Å². The average molecular weight is 1940 g/mol. The third-order valence-electron chi connectivity index (χ3n) is 14.6. The number of halogens is 6. The fourth-order valence-corrected chi connectivity index (χ4v) is 17.8. The minimum absolute atomic E-state index is 0.141. The van der Waals surface area contributed by atoms with E-state index in [1.165, 1.54) is 10.3 Å². The van der Waals surface area contributed by atoms with Gasteiger partial charge in [-0.15, -0.1) is 68.0 Å². The van der Waals surface area contributed by atoms with Gasteiger partial charge in [0.25, 0.3) is 0 Å². The Labute approximate surface area is 703 Å². The van der Waals surface area contributed by atoms with Crippen LogP contribution in [0, 0.1) is 13.8 Å². The third-order valence-corrected chi connectivity index (χ3v) is 24.3. The van der Waals surface area contributed by atoms with Crippen molar-refractivity contribution in [2.75, 3.05) is 40.8 Å². The highest BCUT2D eigenvalue weighted by Gasteiger charge is 2.14. The second-order valence-corrected chi connectivity index (χ2v) is 37.5. The average Bonchev–Trinajstić information content (AvgIpc) is 1.56. The second kappa shape index (κ2) is 39.2. The molecule has 0 unspecified atom stereocenters. The van der Waals surface area contributed by atoms with Gasteiger partial charge in [0.2, 0.25) is 29.7 Å². The van der Waals surface area contributed by atoms with Crippen LogP contribution in [0.15, 0.2) is 255 Å². The first-order chi connectivity index (χ1) is 52.9. The minimum atomic E-state index is 0.141. The molecule has 0 aliphatic rings. The molecule has 16 aromatic rings. The Balaban J connectivity index is 0.000000127. The van der Waals surface area contributed by atoms with Crippen molar-refractivity contribution in [3.8, 4) is 70.1 Å². The Bertz CT molecular complexity index is 5680. The summed E-state index contributed by atoms with van der Waals surface area (Å²) in [5.41, 5.74) is 11.3. The molecule has 109 heavy (non-hydrogen) atoms. The molecule has 0 aliphatic carbocycles. The summed E-state index contributed by atoms with van der Waals surface area (Å²) in [6, 6.07) is 65.3. The predicted molar refractivity (Wildman–Crippen MR) is 473 cm³/mol. The lowest BCUT2D eigenvalue weighted by atomic mass is 10.2. The van der Waals surface area contributed by atoms with Crippen LogP contribution >= 0.6 is 164 Å². The van der Waals surface area contributed by atoms with Gasteiger partial charge in [-0.2, -0.15) is 0 Å². The number of anilines is 10. The van der Waals surface area contributed by atoms with Crippen LogP contribution in [0.1, 0.15) is 24.4 Å². The van der Waals surface area contributed by atoms with E-state index < -0.39 is 0 Å². The Morgan fingerprint density at radius 1 is 0.330 bits per heavy atom.